The fourth-order valence-corrected chi connectivity index (χ4v) is 12.8. The number of methoxy groups -OCH3 is 1. The number of nitrogens with one attached hydrogen (secondary N) is 6. The molecule has 1 saturated heterocycles. The van der Waals surface area contributed by atoms with Gasteiger partial charge in [-0.05, 0) is 109 Å². The fraction of sp³-hybridized carbons (Fsp3) is 0.500. The molecule has 10 amide bonds. The highest BCUT2D eigenvalue weighted by atomic mass is 32.2. The Morgan fingerprint density at radius 2 is 1.16 bits per heavy atom. The van der Waals surface area contributed by atoms with Crippen LogP contribution in [0.15, 0.2) is 101 Å². The molecule has 0 aromatic heterocycles. The van der Waals surface area contributed by atoms with Crippen molar-refractivity contribution in [3.05, 3.63) is 113 Å². The molecule has 0 bridgehead atoms. The molecule has 1 aliphatic rings. The zero-order chi connectivity index (χ0) is 72.4. The first-order chi connectivity index (χ1) is 46.6. The second kappa shape index (κ2) is 39.3. The quantitative estimate of drug-likeness (QED) is 0.0195. The molecule has 30 heteroatoms. The molecule has 536 valence electrons. The first-order valence-electron chi connectivity index (χ1n) is 31.9. The van der Waals surface area contributed by atoms with Crippen LogP contribution in [0.25, 0.3) is 0 Å². The number of halogens is 3. The van der Waals surface area contributed by atoms with E-state index in [2.05, 4.69) is 38.8 Å². The zero-order valence-electron chi connectivity index (χ0n) is 57.2. The number of ether oxygens (including phenoxy) is 6. The number of hydrogen-bond acceptors (Lipinski definition) is 18. The van der Waals surface area contributed by atoms with Gasteiger partial charge in [-0.25, -0.2) is 9.69 Å². The lowest BCUT2D eigenvalue weighted by molar-refractivity contribution is -0.138. The van der Waals surface area contributed by atoms with Gasteiger partial charge in [0, 0.05) is 61.9 Å². The van der Waals surface area contributed by atoms with Gasteiger partial charge in [-0.15, -0.1) is 23.5 Å². The van der Waals surface area contributed by atoms with Crippen LogP contribution in [0.5, 0.6) is 5.75 Å². The summed E-state index contributed by atoms with van der Waals surface area (Å²) in [5.41, 5.74) is -0.370. The third-order valence-electron chi connectivity index (χ3n) is 15.9. The van der Waals surface area contributed by atoms with Gasteiger partial charge in [-0.2, -0.15) is 13.2 Å². The summed E-state index contributed by atoms with van der Waals surface area (Å²) in [6, 6.07) is 19.5. The Balaban J connectivity index is 0.994. The number of anilines is 2. The van der Waals surface area contributed by atoms with Crippen molar-refractivity contribution in [2.24, 2.45) is 17.8 Å². The van der Waals surface area contributed by atoms with E-state index in [9.17, 15) is 61.1 Å². The predicted molar refractivity (Wildman–Crippen MR) is 362 cm³/mol. The fourth-order valence-electron chi connectivity index (χ4n) is 10.4. The molecule has 1 aliphatic heterocycles. The first-order valence-corrected chi connectivity index (χ1v) is 33.7. The van der Waals surface area contributed by atoms with E-state index in [1.54, 1.807) is 95.3 Å². The summed E-state index contributed by atoms with van der Waals surface area (Å²) in [4.78, 5) is 136. The smallest absolute Gasteiger partial charge is 0.418 e. The molecule has 7 unspecified atom stereocenters. The number of likely N-dealkylation sites (N-methyl/N-ethyl adjacent to an activating group) is 2. The number of carbonyl (C=O) groups excluding carboxylic acids is 10. The average Bonchev–Trinajstić information content (AvgIpc) is 1.60. The van der Waals surface area contributed by atoms with Crippen LogP contribution in [-0.2, 0) is 70.0 Å². The van der Waals surface area contributed by atoms with Crippen molar-refractivity contribution in [3.63, 3.8) is 0 Å². The van der Waals surface area contributed by atoms with Gasteiger partial charge < -0.3 is 65.2 Å². The summed E-state index contributed by atoms with van der Waals surface area (Å²) in [5.74, 6) is -5.86. The number of rotatable bonds is 38. The maximum absolute atomic E-state index is 14.8. The van der Waals surface area contributed by atoms with Crippen LogP contribution in [0.4, 0.5) is 29.3 Å². The van der Waals surface area contributed by atoms with Crippen molar-refractivity contribution >= 4 is 94.2 Å². The third kappa shape index (κ3) is 23.4. The number of amides is 10. The number of thioether (sulfide) groups is 2. The summed E-state index contributed by atoms with van der Waals surface area (Å²) in [6.45, 7) is 11.7. The largest absolute Gasteiger partial charge is 0.491 e. The molecule has 4 aromatic rings. The van der Waals surface area contributed by atoms with Crippen LogP contribution < -0.4 is 41.5 Å². The average molecular weight is 1410 g/mol. The van der Waals surface area contributed by atoms with Crippen LogP contribution in [0.1, 0.15) is 93.2 Å². The molecule has 5 rings (SSSR count). The van der Waals surface area contributed by atoms with Gasteiger partial charge in [0.1, 0.15) is 48.2 Å². The van der Waals surface area contributed by atoms with Crippen LogP contribution in [0, 0.1) is 17.8 Å². The number of carbonyl (C=O) groups is 10. The van der Waals surface area contributed by atoms with Crippen LogP contribution >= 0.6 is 23.5 Å². The predicted octanol–water partition coefficient (Wildman–Crippen LogP) is 6.95. The van der Waals surface area contributed by atoms with E-state index < -0.39 is 94.7 Å². The lowest BCUT2D eigenvalue weighted by atomic mass is 9.91. The minimum absolute atomic E-state index is 0.00992. The highest BCUT2D eigenvalue weighted by Crippen LogP contribution is 2.46. The number of hydrogen-bond donors (Lipinski definition) is 6. The topological polar surface area (TPSA) is 308 Å². The molecule has 0 spiro atoms. The second-order valence-electron chi connectivity index (χ2n) is 23.5. The molecule has 0 aliphatic carbocycles. The number of alkyl halides is 3. The molecular weight excluding hydrogens is 1320 g/mol. The number of benzene rings is 4. The Kier molecular flexibility index (Phi) is 32.3. The molecule has 1 fully saturated rings. The highest BCUT2D eigenvalue weighted by Gasteiger charge is 2.52. The second-order valence-corrected chi connectivity index (χ2v) is 25.9. The molecule has 1 heterocycles. The van der Waals surface area contributed by atoms with Gasteiger partial charge in [0.15, 0.2) is 0 Å². The lowest BCUT2D eigenvalue weighted by Gasteiger charge is -2.37. The van der Waals surface area contributed by atoms with Crippen molar-refractivity contribution in [1.29, 1.82) is 0 Å². The van der Waals surface area contributed by atoms with Crippen molar-refractivity contribution in [1.82, 2.24) is 36.4 Å². The van der Waals surface area contributed by atoms with Gasteiger partial charge in [-0.3, -0.25) is 48.1 Å². The highest BCUT2D eigenvalue weighted by molar-refractivity contribution is 8.05. The van der Waals surface area contributed by atoms with E-state index in [0.717, 1.165) is 36.0 Å². The van der Waals surface area contributed by atoms with E-state index in [1.807, 2.05) is 13.8 Å². The Hall–Kier alpha value is -8.29. The molecule has 6 N–H and O–H groups in total. The Labute approximate surface area is 577 Å². The molecule has 0 saturated carbocycles. The molecular formula is C68H90F3N9O16S2. The minimum Gasteiger partial charge on any atom is -0.491 e. The Morgan fingerprint density at radius 1 is 0.633 bits per heavy atom. The summed E-state index contributed by atoms with van der Waals surface area (Å²) in [6.07, 6.45) is -4.46. The first kappa shape index (κ1) is 80.4. The SMILES string of the molecule is CCC(C)C(C(CC)OC)N(C)C(=O)CNC(=O)C(C(C)C)N(C)C(=O)OCc1ccc(NC(=O)CNC(=O)C(NC(=O)COCCOCCOCCOc2ccc(N3C(=O)C(Sc4ccc(C(=O)NC)cc4)C(Sc4ccc(C(=O)NC)cc4)C3=O)c(C(F)(F)F)c2)C(C)C)cc1. The normalized spacial score (nSPS) is 15.3. The summed E-state index contributed by atoms with van der Waals surface area (Å²) in [7, 11) is 7.68. The van der Waals surface area contributed by atoms with Crippen molar-refractivity contribution in [3.8, 4) is 5.75 Å². The van der Waals surface area contributed by atoms with Gasteiger partial charge in [-0.1, -0.05) is 67.0 Å². The Bertz CT molecular complexity index is 3270. The molecule has 4 aromatic carbocycles. The summed E-state index contributed by atoms with van der Waals surface area (Å²) < 4.78 is 77.6. The van der Waals surface area contributed by atoms with E-state index >= 15 is 0 Å². The van der Waals surface area contributed by atoms with E-state index in [4.69, 9.17) is 28.4 Å². The van der Waals surface area contributed by atoms with E-state index in [-0.39, 0.29) is 106 Å². The number of nitrogens with zero attached hydrogens (tertiary/aromatic N) is 3. The maximum atomic E-state index is 14.8. The van der Waals surface area contributed by atoms with Crippen molar-refractivity contribution < 1.29 is 89.5 Å². The summed E-state index contributed by atoms with van der Waals surface area (Å²) in [5, 5.41) is 13.1. The van der Waals surface area contributed by atoms with Gasteiger partial charge in [0.2, 0.25) is 41.4 Å². The standard InChI is InChI=1S/C68H90F3N9O16S2/c1-13-42(7)58(52(14-2)91-12)78(10)55(83)37-75-64(87)57(41(5)6)79(11)67(90)96-38-43-15-21-46(22-16-43)76-53(81)36-74-63(86)56(40(3)4)77-54(82)39-94-32-31-92-29-30-93-33-34-95-47-23-28-51(50(35-47)68(69,70)71)80-65(88)59(97-48-24-17-44(18-25-48)61(84)72-8)60(66(80)89)98-49-26-19-45(20-27-49)62(85)73-9/h15-28,35,40-42,52,56-60H,13-14,29-34,36-39H2,1-12H3,(H,72,84)(H,73,85)(H,74,86)(H,75,87)(H,76,81)(H,77,82). The van der Waals surface area contributed by atoms with Gasteiger partial charge >= 0.3 is 12.3 Å². The van der Waals surface area contributed by atoms with Crippen LogP contribution in [0.3, 0.4) is 0 Å². The zero-order valence-corrected chi connectivity index (χ0v) is 58.8. The van der Waals surface area contributed by atoms with E-state index in [1.165, 1.54) is 56.4 Å². The third-order valence-corrected chi connectivity index (χ3v) is 18.6. The summed E-state index contributed by atoms with van der Waals surface area (Å²) >= 11 is 1.93. The van der Waals surface area contributed by atoms with E-state index in [0.29, 0.717) is 49.6 Å². The molecule has 25 nitrogen and oxygen atoms in total. The van der Waals surface area contributed by atoms with Crippen molar-refractivity contribution in [2.75, 3.05) is 105 Å². The molecule has 98 heavy (non-hydrogen) atoms. The van der Waals surface area contributed by atoms with Gasteiger partial charge in [0.05, 0.1) is 69.5 Å². The monoisotopic (exact) mass is 1410 g/mol. The minimum atomic E-state index is -5.04. The Morgan fingerprint density at radius 3 is 1.65 bits per heavy atom. The van der Waals surface area contributed by atoms with Crippen LogP contribution in [-0.4, -0.2) is 198 Å². The molecule has 0 radical (unpaired) electrons. The lowest BCUT2D eigenvalue weighted by Crippen LogP contribution is -2.54. The number of imide groups is 1. The molecule has 7 atom stereocenters. The van der Waals surface area contributed by atoms with Crippen molar-refractivity contribution in [2.45, 2.75) is 119 Å². The van der Waals surface area contributed by atoms with Gasteiger partial charge in [0.25, 0.3) is 11.8 Å². The maximum Gasteiger partial charge on any atom is 0.418 e. The van der Waals surface area contributed by atoms with Crippen LogP contribution in [0.2, 0.25) is 0 Å².